The molecule has 8 rings (SSSR count). The highest BCUT2D eigenvalue weighted by atomic mass is 32.2. The van der Waals surface area contributed by atoms with E-state index in [-0.39, 0.29) is 37.7 Å². The molecular weight excluding hydrogens is 892 g/mol. The number of benzene rings is 6. The van der Waals surface area contributed by atoms with E-state index in [1.165, 1.54) is 12.7 Å². The van der Waals surface area contributed by atoms with Gasteiger partial charge in [-0.25, -0.2) is 36.2 Å². The number of aromatic nitrogens is 6. The lowest BCUT2D eigenvalue weighted by Gasteiger charge is -2.35. The molecule has 2 unspecified atom stereocenters. The average molecular weight is 940 g/mol. The summed E-state index contributed by atoms with van der Waals surface area (Å²) in [5, 5.41) is 7.29. The van der Waals surface area contributed by atoms with Crippen LogP contribution in [0.5, 0.6) is 0 Å². The predicted molar refractivity (Wildman–Crippen MR) is 253 cm³/mol. The minimum atomic E-state index is -3.82. The van der Waals surface area contributed by atoms with Crippen LogP contribution in [-0.4, -0.2) is 72.1 Å². The van der Waals surface area contributed by atoms with Gasteiger partial charge >= 0.3 is 8.25 Å². The lowest BCUT2D eigenvalue weighted by molar-refractivity contribution is 0.219. The molecular formula is C50H48N6O7PS2+. The topological polar surface area (TPSA) is 165 Å². The Morgan fingerprint density at radius 3 is 0.924 bits per heavy atom. The molecule has 2 atom stereocenters. The Hall–Kier alpha value is -6.48. The summed E-state index contributed by atoms with van der Waals surface area (Å²) in [6.07, 6.45) is 4.98. The van der Waals surface area contributed by atoms with Crippen LogP contribution in [0.25, 0.3) is 0 Å². The zero-order valence-electron chi connectivity index (χ0n) is 36.3. The fourth-order valence-electron chi connectivity index (χ4n) is 8.61. The molecule has 0 radical (unpaired) electrons. The van der Waals surface area contributed by atoms with Crippen LogP contribution in [0.4, 0.5) is 0 Å². The van der Waals surface area contributed by atoms with E-state index in [0.717, 1.165) is 45.9 Å². The molecule has 0 N–H and O–H groups in total. The van der Waals surface area contributed by atoms with E-state index in [0.29, 0.717) is 0 Å². The highest BCUT2D eigenvalue weighted by molar-refractivity contribution is 7.91. The Kier molecular flexibility index (Phi) is 13.9. The number of rotatable bonds is 20. The van der Waals surface area contributed by atoms with Gasteiger partial charge in [-0.15, -0.1) is 9.05 Å². The van der Waals surface area contributed by atoms with Crippen molar-refractivity contribution >= 4 is 27.9 Å². The molecule has 2 heterocycles. The van der Waals surface area contributed by atoms with E-state index in [4.69, 9.17) is 19.2 Å². The van der Waals surface area contributed by atoms with Crippen LogP contribution in [0.15, 0.2) is 195 Å². The van der Waals surface area contributed by atoms with Crippen molar-refractivity contribution in [3.05, 3.63) is 240 Å². The second-order valence-corrected chi connectivity index (χ2v) is 21.2. The van der Waals surface area contributed by atoms with Crippen LogP contribution in [0.1, 0.15) is 68.4 Å². The van der Waals surface area contributed by atoms with Gasteiger partial charge in [0, 0.05) is 17.1 Å². The Morgan fingerprint density at radius 2 is 0.697 bits per heavy atom. The fraction of sp³-hybridized carbons (Fsp3) is 0.200. The van der Waals surface area contributed by atoms with Crippen molar-refractivity contribution in [3.8, 4) is 0 Å². The van der Waals surface area contributed by atoms with Gasteiger partial charge in [0.15, 0.2) is 31.3 Å². The third-order valence-electron chi connectivity index (χ3n) is 11.6. The number of sulfone groups is 2. The highest BCUT2D eigenvalue weighted by Crippen LogP contribution is 2.42. The maximum absolute atomic E-state index is 13.3. The third-order valence-corrected chi connectivity index (χ3v) is 15.4. The smallest absolute Gasteiger partial charge is 0.233 e. The van der Waals surface area contributed by atoms with Crippen molar-refractivity contribution in [1.82, 2.24) is 29.5 Å². The molecule has 0 bridgehead atoms. The van der Waals surface area contributed by atoms with Crippen LogP contribution in [0.3, 0.4) is 0 Å². The zero-order valence-corrected chi connectivity index (χ0v) is 38.8. The van der Waals surface area contributed by atoms with Crippen LogP contribution in [0, 0.1) is 0 Å². The van der Waals surface area contributed by atoms with Crippen molar-refractivity contribution in [2.24, 2.45) is 0 Å². The zero-order chi connectivity index (χ0) is 46.2. The van der Waals surface area contributed by atoms with Gasteiger partial charge < -0.3 is 0 Å². The maximum Gasteiger partial charge on any atom is 0.697 e. The van der Waals surface area contributed by atoms with Gasteiger partial charge in [-0.2, -0.15) is 10.2 Å². The standard InChI is InChI=1S/C50H48N6O7PS2/c1-65(58,59)45(47-51-37-55(53-47)49(39-21-9-3-10-22-39,40-23-11-4-12-24-40)41-25-13-5-14-26-41)33-35-62-64(57)63-36-34-46(66(2,60)61)48-52-38-56(54-48)50(42-27-15-6-16-28-42,43-29-17-7-18-30-43)44-31-19-8-20-32-44/h3-32,37-38,45-46H,33-36H2,1-2H3/q+1. The summed E-state index contributed by atoms with van der Waals surface area (Å²) in [6, 6.07) is 58.8. The molecule has 336 valence electrons. The summed E-state index contributed by atoms with van der Waals surface area (Å²) in [5.74, 6) is 0.0892. The van der Waals surface area contributed by atoms with Gasteiger partial charge in [0.2, 0.25) is 0 Å². The van der Waals surface area contributed by atoms with Crippen LogP contribution in [0.2, 0.25) is 0 Å². The summed E-state index contributed by atoms with van der Waals surface area (Å²) in [7, 11) is -10.4. The number of nitrogens with zero attached hydrogens (tertiary/aromatic N) is 6. The fourth-order valence-corrected chi connectivity index (χ4v) is 11.2. The number of hydrogen-bond donors (Lipinski definition) is 0. The van der Waals surface area contributed by atoms with Gasteiger partial charge in [0.05, 0.1) is 0 Å². The normalized spacial score (nSPS) is 13.5. The lowest BCUT2D eigenvalue weighted by Crippen LogP contribution is -2.38. The maximum atomic E-state index is 13.3. The Bertz CT molecular complexity index is 2670. The molecule has 0 fully saturated rings. The van der Waals surface area contributed by atoms with Crippen molar-refractivity contribution in [1.29, 1.82) is 0 Å². The van der Waals surface area contributed by atoms with E-state index in [2.05, 4.69) is 9.97 Å². The molecule has 0 aliphatic heterocycles. The van der Waals surface area contributed by atoms with E-state index >= 15 is 0 Å². The first-order valence-electron chi connectivity index (χ1n) is 21.2. The van der Waals surface area contributed by atoms with E-state index in [1.54, 1.807) is 9.36 Å². The van der Waals surface area contributed by atoms with Gasteiger partial charge in [-0.3, -0.25) is 0 Å². The molecule has 66 heavy (non-hydrogen) atoms. The lowest BCUT2D eigenvalue weighted by atomic mass is 9.77. The summed E-state index contributed by atoms with van der Waals surface area (Å²) in [4.78, 5) is 9.11. The molecule has 16 heteroatoms. The molecule has 8 aromatic rings. The first-order chi connectivity index (χ1) is 31.9. The van der Waals surface area contributed by atoms with Gasteiger partial charge in [0.25, 0.3) is 0 Å². The van der Waals surface area contributed by atoms with E-state index < -0.39 is 49.5 Å². The predicted octanol–water partition coefficient (Wildman–Crippen LogP) is 8.89. The van der Waals surface area contributed by atoms with Gasteiger partial charge in [-0.05, 0) is 46.2 Å². The van der Waals surface area contributed by atoms with E-state index in [9.17, 15) is 21.4 Å². The van der Waals surface area contributed by atoms with Gasteiger partial charge in [-0.1, -0.05) is 182 Å². The first kappa shape index (κ1) is 46.1. The second-order valence-electron chi connectivity index (χ2n) is 15.8. The Labute approximate surface area is 385 Å². The second kappa shape index (κ2) is 19.9. The SMILES string of the molecule is CS(=O)(=O)C(CCO[P+](=O)OCCC(c1ncn(C(c2ccccc2)(c2ccccc2)c2ccccc2)n1)S(C)(=O)=O)c1ncn(C(c2ccccc2)(c2ccccc2)c2ccccc2)n1. The molecule has 6 aromatic carbocycles. The summed E-state index contributed by atoms with van der Waals surface area (Å²) in [6.45, 7) is -0.574. The molecule has 13 nitrogen and oxygen atoms in total. The third kappa shape index (κ3) is 9.44. The van der Waals surface area contributed by atoms with Crippen molar-refractivity contribution < 1.29 is 30.4 Å². The summed E-state index contributed by atoms with van der Waals surface area (Å²) in [5.41, 5.74) is 3.27. The minimum absolute atomic E-state index is 0.0446. The van der Waals surface area contributed by atoms with Crippen LogP contribution in [-0.2, 0) is 44.4 Å². The van der Waals surface area contributed by atoms with E-state index in [1.807, 2.05) is 182 Å². The largest absolute Gasteiger partial charge is 0.697 e. The Balaban J connectivity index is 0.991. The Morgan fingerprint density at radius 1 is 0.455 bits per heavy atom. The van der Waals surface area contributed by atoms with Crippen molar-refractivity contribution in [2.75, 3.05) is 25.7 Å². The molecule has 0 aliphatic carbocycles. The minimum Gasteiger partial charge on any atom is -0.233 e. The molecule has 0 spiro atoms. The molecule has 0 amide bonds. The molecule has 0 saturated carbocycles. The monoisotopic (exact) mass is 939 g/mol. The van der Waals surface area contributed by atoms with Crippen LogP contribution >= 0.6 is 8.25 Å². The van der Waals surface area contributed by atoms with Crippen LogP contribution < -0.4 is 0 Å². The highest BCUT2D eigenvalue weighted by Gasteiger charge is 2.43. The molecule has 0 saturated heterocycles. The summed E-state index contributed by atoms with van der Waals surface area (Å²) < 4.78 is 80.9. The number of hydrogen-bond acceptors (Lipinski definition) is 11. The quantitative estimate of drug-likeness (QED) is 0.0529. The average Bonchev–Trinajstić information content (AvgIpc) is 4.03. The molecule has 2 aromatic heterocycles. The van der Waals surface area contributed by atoms with Gasteiger partial charge in [0.1, 0.15) is 47.4 Å². The van der Waals surface area contributed by atoms with Crippen molar-refractivity contribution in [3.63, 3.8) is 0 Å². The first-order valence-corrected chi connectivity index (χ1v) is 26.2. The summed E-state index contributed by atoms with van der Waals surface area (Å²) >= 11 is 0. The molecule has 0 aliphatic rings. The van der Waals surface area contributed by atoms with Crippen molar-refractivity contribution in [2.45, 2.75) is 34.4 Å².